The summed E-state index contributed by atoms with van der Waals surface area (Å²) in [5.74, 6) is 2.72. The molecule has 0 radical (unpaired) electrons. The predicted molar refractivity (Wildman–Crippen MR) is 44.1 cm³/mol. The summed E-state index contributed by atoms with van der Waals surface area (Å²) in [6, 6.07) is 5.63. The number of benzene rings is 1. The van der Waals surface area contributed by atoms with Crippen molar-refractivity contribution >= 4 is 11.9 Å². The third-order valence-electron chi connectivity index (χ3n) is 1.56. The van der Waals surface area contributed by atoms with E-state index in [1.807, 2.05) is 0 Å². The normalized spacial score (nSPS) is 9.29. The topological polar surface area (TPSA) is 98.9 Å². The molecule has 0 spiro atoms. The van der Waals surface area contributed by atoms with Gasteiger partial charge in [0.1, 0.15) is 0 Å². The maximum atomic E-state index is 11.0. The van der Waals surface area contributed by atoms with Gasteiger partial charge < -0.3 is 4.84 Å². The van der Waals surface area contributed by atoms with Crippen LogP contribution in [0.3, 0.4) is 0 Å². The standard InChI is InChI=1S/C8H7NO5/c9-13-7(10)5-3-1-2-4-6(5)8(11)14-12/h1-4,12H,9H2. The third-order valence-corrected chi connectivity index (χ3v) is 1.56. The first-order chi connectivity index (χ1) is 6.70. The first-order valence-electron chi connectivity index (χ1n) is 3.56. The van der Waals surface area contributed by atoms with Gasteiger partial charge in [0.2, 0.25) is 0 Å². The molecule has 1 aromatic rings. The molecule has 14 heavy (non-hydrogen) atoms. The highest BCUT2D eigenvalue weighted by molar-refractivity contribution is 6.02. The van der Waals surface area contributed by atoms with Crippen LogP contribution in [0, 0.1) is 0 Å². The van der Waals surface area contributed by atoms with Crippen LogP contribution in [0.25, 0.3) is 0 Å². The van der Waals surface area contributed by atoms with Crippen molar-refractivity contribution in [1.82, 2.24) is 0 Å². The Morgan fingerprint density at radius 1 is 1.14 bits per heavy atom. The van der Waals surface area contributed by atoms with Gasteiger partial charge in [-0.1, -0.05) is 12.1 Å². The monoisotopic (exact) mass is 197 g/mol. The molecule has 0 aromatic heterocycles. The molecule has 0 amide bonds. The van der Waals surface area contributed by atoms with Crippen LogP contribution >= 0.6 is 0 Å². The largest absolute Gasteiger partial charge is 0.373 e. The maximum absolute atomic E-state index is 11.0. The lowest BCUT2D eigenvalue weighted by Crippen LogP contribution is -2.15. The van der Waals surface area contributed by atoms with E-state index in [-0.39, 0.29) is 11.1 Å². The van der Waals surface area contributed by atoms with Crippen molar-refractivity contribution in [2.45, 2.75) is 0 Å². The second-order valence-electron chi connectivity index (χ2n) is 2.33. The molecular weight excluding hydrogens is 190 g/mol. The fraction of sp³-hybridized carbons (Fsp3) is 0. The summed E-state index contributed by atoms with van der Waals surface area (Å²) in [4.78, 5) is 29.4. The quantitative estimate of drug-likeness (QED) is 0.524. The smallest absolute Gasteiger partial charge is 0.370 e. The molecule has 0 aliphatic heterocycles. The van der Waals surface area contributed by atoms with E-state index in [4.69, 9.17) is 5.26 Å². The van der Waals surface area contributed by atoms with Crippen molar-refractivity contribution in [1.29, 1.82) is 0 Å². The number of hydrogen-bond acceptors (Lipinski definition) is 6. The summed E-state index contributed by atoms with van der Waals surface area (Å²) in [6.45, 7) is 0. The molecule has 0 bridgehead atoms. The molecule has 0 saturated carbocycles. The van der Waals surface area contributed by atoms with Crippen molar-refractivity contribution in [2.75, 3.05) is 0 Å². The molecule has 0 heterocycles. The van der Waals surface area contributed by atoms with Gasteiger partial charge in [0.25, 0.3) is 0 Å². The Morgan fingerprint density at radius 2 is 1.64 bits per heavy atom. The van der Waals surface area contributed by atoms with Crippen LogP contribution in [0.2, 0.25) is 0 Å². The molecule has 74 valence electrons. The lowest BCUT2D eigenvalue weighted by Gasteiger charge is -2.02. The van der Waals surface area contributed by atoms with E-state index in [0.717, 1.165) is 0 Å². The summed E-state index contributed by atoms with van der Waals surface area (Å²) in [5, 5.41) is 8.13. The van der Waals surface area contributed by atoms with E-state index in [2.05, 4.69) is 15.6 Å². The highest BCUT2D eigenvalue weighted by Crippen LogP contribution is 2.10. The highest BCUT2D eigenvalue weighted by Gasteiger charge is 2.18. The number of carbonyl (C=O) groups is 2. The van der Waals surface area contributed by atoms with Gasteiger partial charge >= 0.3 is 11.9 Å². The minimum absolute atomic E-state index is 0.0750. The molecule has 3 N–H and O–H groups in total. The summed E-state index contributed by atoms with van der Waals surface area (Å²) < 4.78 is 0. The van der Waals surface area contributed by atoms with Crippen LogP contribution in [-0.2, 0) is 9.73 Å². The molecule has 0 aliphatic carbocycles. The fourth-order valence-corrected chi connectivity index (χ4v) is 0.952. The number of hydrogen-bond donors (Lipinski definition) is 2. The van der Waals surface area contributed by atoms with Crippen LogP contribution in [0.4, 0.5) is 0 Å². The van der Waals surface area contributed by atoms with E-state index in [9.17, 15) is 9.59 Å². The van der Waals surface area contributed by atoms with Gasteiger partial charge in [0.15, 0.2) is 0 Å². The second-order valence-corrected chi connectivity index (χ2v) is 2.33. The predicted octanol–water partition coefficient (Wildman–Crippen LogP) is 0.347. The maximum Gasteiger partial charge on any atom is 0.373 e. The van der Waals surface area contributed by atoms with Gasteiger partial charge in [0, 0.05) is 0 Å². The Bertz CT molecular complexity index is 328. The zero-order valence-corrected chi connectivity index (χ0v) is 6.97. The van der Waals surface area contributed by atoms with Gasteiger partial charge in [-0.15, -0.1) is 0 Å². The molecule has 0 saturated heterocycles. The fourth-order valence-electron chi connectivity index (χ4n) is 0.952. The summed E-state index contributed by atoms with van der Waals surface area (Å²) in [7, 11) is 0. The minimum Gasteiger partial charge on any atom is -0.370 e. The van der Waals surface area contributed by atoms with Crippen LogP contribution in [0.15, 0.2) is 24.3 Å². The van der Waals surface area contributed by atoms with Gasteiger partial charge in [-0.2, -0.15) is 11.2 Å². The Hall–Kier alpha value is -1.92. The van der Waals surface area contributed by atoms with Gasteiger partial charge in [-0.25, -0.2) is 9.59 Å². The zero-order chi connectivity index (χ0) is 10.6. The first kappa shape index (κ1) is 10.2. The van der Waals surface area contributed by atoms with E-state index < -0.39 is 11.9 Å². The van der Waals surface area contributed by atoms with E-state index >= 15 is 0 Å². The number of carbonyl (C=O) groups excluding carboxylic acids is 2. The van der Waals surface area contributed by atoms with Gasteiger partial charge in [-0.3, -0.25) is 4.89 Å². The number of nitrogens with two attached hydrogens (primary N) is 1. The van der Waals surface area contributed by atoms with Crippen molar-refractivity contribution in [3.05, 3.63) is 35.4 Å². The van der Waals surface area contributed by atoms with Gasteiger partial charge in [0.05, 0.1) is 11.1 Å². The van der Waals surface area contributed by atoms with Crippen molar-refractivity contribution < 1.29 is 24.6 Å². The molecular formula is C8H7NO5. The van der Waals surface area contributed by atoms with Crippen LogP contribution < -0.4 is 5.90 Å². The second kappa shape index (κ2) is 4.35. The first-order valence-corrected chi connectivity index (χ1v) is 3.56. The van der Waals surface area contributed by atoms with Crippen LogP contribution in [-0.4, -0.2) is 17.2 Å². The summed E-state index contributed by atoms with van der Waals surface area (Å²) >= 11 is 0. The molecule has 0 atom stereocenters. The lowest BCUT2D eigenvalue weighted by molar-refractivity contribution is -0.182. The summed E-state index contributed by atoms with van der Waals surface area (Å²) in [5.41, 5.74) is -0.195. The van der Waals surface area contributed by atoms with Crippen LogP contribution in [0.5, 0.6) is 0 Å². The Balaban J connectivity index is 3.15. The van der Waals surface area contributed by atoms with Crippen LogP contribution in [0.1, 0.15) is 20.7 Å². The molecule has 0 fully saturated rings. The lowest BCUT2D eigenvalue weighted by atomic mass is 10.1. The number of rotatable bonds is 2. The van der Waals surface area contributed by atoms with E-state index in [0.29, 0.717) is 0 Å². The Labute approximate surface area is 78.7 Å². The minimum atomic E-state index is -1.05. The highest BCUT2D eigenvalue weighted by atomic mass is 17.1. The molecule has 6 nitrogen and oxygen atoms in total. The third kappa shape index (κ3) is 1.87. The molecule has 0 unspecified atom stereocenters. The SMILES string of the molecule is NOC(=O)c1ccccc1C(=O)OO. The average molecular weight is 197 g/mol. The zero-order valence-electron chi connectivity index (χ0n) is 6.97. The summed E-state index contributed by atoms with van der Waals surface area (Å²) in [6.07, 6.45) is 0. The van der Waals surface area contributed by atoms with Crippen molar-refractivity contribution in [3.63, 3.8) is 0 Å². The van der Waals surface area contributed by atoms with E-state index in [1.165, 1.54) is 24.3 Å². The van der Waals surface area contributed by atoms with Crippen molar-refractivity contribution in [3.8, 4) is 0 Å². The molecule has 1 aromatic carbocycles. The Kier molecular flexibility index (Phi) is 3.16. The average Bonchev–Trinajstić information content (AvgIpc) is 2.27. The van der Waals surface area contributed by atoms with E-state index in [1.54, 1.807) is 0 Å². The van der Waals surface area contributed by atoms with Crippen molar-refractivity contribution in [2.24, 2.45) is 5.90 Å². The Morgan fingerprint density at radius 3 is 2.07 bits per heavy atom. The molecule has 0 aliphatic rings. The molecule has 6 heteroatoms. The van der Waals surface area contributed by atoms with Gasteiger partial charge in [-0.05, 0) is 12.1 Å². The molecule has 1 rings (SSSR count).